The second kappa shape index (κ2) is 8.87. The number of rotatable bonds is 4. The molecule has 0 aliphatic heterocycles. The van der Waals surface area contributed by atoms with Gasteiger partial charge in [0, 0.05) is 10.8 Å². The molecule has 0 fully saturated rings. The topological polar surface area (TPSA) is 46.6 Å². The zero-order valence-electron chi connectivity index (χ0n) is 23.6. The molecule has 4 heteroatoms. The maximum atomic E-state index is 10.4. The van der Waals surface area contributed by atoms with E-state index >= 15 is 0 Å². The Balaban J connectivity index is 1.48. The second-order valence-electron chi connectivity index (χ2n) is 11.5. The molecule has 0 atom stereocenters. The van der Waals surface area contributed by atoms with Crippen molar-refractivity contribution in [1.82, 2.24) is 0 Å². The van der Waals surface area contributed by atoms with Gasteiger partial charge in [-0.05, 0) is 79.9 Å². The van der Waals surface area contributed by atoms with Gasteiger partial charge < -0.3 is 9.47 Å². The molecule has 0 heterocycles. The molecule has 0 unspecified atom stereocenters. The summed E-state index contributed by atoms with van der Waals surface area (Å²) in [6.07, 6.45) is 0. The molecule has 2 aliphatic rings. The van der Waals surface area contributed by atoms with Crippen LogP contribution in [-0.2, 0) is 10.8 Å². The summed E-state index contributed by atoms with van der Waals surface area (Å²) in [6, 6.07) is 27.0. The lowest BCUT2D eigenvalue weighted by atomic mass is 9.81. The summed E-state index contributed by atoms with van der Waals surface area (Å²) in [4.78, 5) is 3.92. The van der Waals surface area contributed by atoms with Gasteiger partial charge in [0.2, 0.25) is 5.70 Å². The third kappa shape index (κ3) is 3.50. The fourth-order valence-corrected chi connectivity index (χ4v) is 6.51. The summed E-state index contributed by atoms with van der Waals surface area (Å²) in [6.45, 7) is 16.9. The SMILES string of the molecule is [C-]#[N+]C(=C(C#N)c1ccc2c(c1)C(C)(C)c1cc(OC)ccc1-2)c1ccc2c(c1)C(C)(C)c1cc(OC)ccc1-2. The summed E-state index contributed by atoms with van der Waals surface area (Å²) in [5, 5.41) is 10.4. The first kappa shape index (κ1) is 25.5. The van der Waals surface area contributed by atoms with E-state index in [9.17, 15) is 5.26 Å². The van der Waals surface area contributed by atoms with Crippen LogP contribution in [0.4, 0.5) is 0 Å². The van der Waals surface area contributed by atoms with Crippen molar-refractivity contribution in [3.8, 4) is 39.8 Å². The van der Waals surface area contributed by atoms with Crippen LogP contribution in [-0.4, -0.2) is 14.2 Å². The van der Waals surface area contributed by atoms with Gasteiger partial charge in [-0.3, -0.25) is 0 Å². The van der Waals surface area contributed by atoms with E-state index in [0.29, 0.717) is 11.3 Å². The molecule has 0 radical (unpaired) electrons. The molecule has 0 bridgehead atoms. The summed E-state index contributed by atoms with van der Waals surface area (Å²) in [5.41, 5.74) is 11.1. The van der Waals surface area contributed by atoms with E-state index in [1.54, 1.807) is 14.2 Å². The Morgan fingerprint density at radius 2 is 1.05 bits per heavy atom. The van der Waals surface area contributed by atoms with Crippen molar-refractivity contribution in [2.24, 2.45) is 0 Å². The highest BCUT2D eigenvalue weighted by atomic mass is 16.5. The average Bonchev–Trinajstić information content (AvgIpc) is 3.33. The van der Waals surface area contributed by atoms with Crippen molar-refractivity contribution in [3.63, 3.8) is 0 Å². The normalized spacial score (nSPS) is 15.5. The molecule has 4 aromatic rings. The Morgan fingerprint density at radius 3 is 1.48 bits per heavy atom. The molecule has 2 aliphatic carbocycles. The average molecular weight is 523 g/mol. The number of ether oxygens (including phenoxy) is 2. The minimum absolute atomic E-state index is 0.264. The zero-order chi connectivity index (χ0) is 28.4. The molecule has 6 rings (SSSR count). The van der Waals surface area contributed by atoms with Gasteiger partial charge in [0.15, 0.2) is 0 Å². The quantitative estimate of drug-likeness (QED) is 0.153. The molecular weight excluding hydrogens is 492 g/mol. The molecule has 0 saturated heterocycles. The third-order valence-corrected chi connectivity index (χ3v) is 8.79. The lowest BCUT2D eigenvalue weighted by Gasteiger charge is -2.23. The molecule has 0 spiro atoms. The zero-order valence-corrected chi connectivity index (χ0v) is 23.6. The van der Waals surface area contributed by atoms with Crippen molar-refractivity contribution in [1.29, 1.82) is 5.26 Å². The summed E-state index contributed by atoms with van der Waals surface area (Å²) < 4.78 is 11.0. The number of fused-ring (bicyclic) bond motifs is 6. The van der Waals surface area contributed by atoms with Gasteiger partial charge in [-0.15, -0.1) is 0 Å². The minimum atomic E-state index is -0.265. The van der Waals surface area contributed by atoms with Gasteiger partial charge in [-0.1, -0.05) is 76.2 Å². The number of allylic oxidation sites excluding steroid dienone is 1. The fourth-order valence-electron chi connectivity index (χ4n) is 6.51. The van der Waals surface area contributed by atoms with Crippen molar-refractivity contribution in [3.05, 3.63) is 118 Å². The Bertz CT molecular complexity index is 1710. The fraction of sp³-hybridized carbons (Fsp3) is 0.222. The monoisotopic (exact) mass is 522 g/mol. The second-order valence-corrected chi connectivity index (χ2v) is 11.5. The van der Waals surface area contributed by atoms with E-state index in [-0.39, 0.29) is 10.8 Å². The Morgan fingerprint density at radius 1 is 0.650 bits per heavy atom. The van der Waals surface area contributed by atoms with Crippen molar-refractivity contribution < 1.29 is 9.47 Å². The maximum absolute atomic E-state index is 10.4. The van der Waals surface area contributed by atoms with E-state index in [4.69, 9.17) is 16.0 Å². The lowest BCUT2D eigenvalue weighted by Crippen LogP contribution is -2.15. The smallest absolute Gasteiger partial charge is 0.212 e. The van der Waals surface area contributed by atoms with Gasteiger partial charge in [-0.2, -0.15) is 5.26 Å². The van der Waals surface area contributed by atoms with Gasteiger partial charge in [0.1, 0.15) is 11.5 Å². The molecule has 4 nitrogen and oxygen atoms in total. The van der Waals surface area contributed by atoms with Crippen LogP contribution in [0.1, 0.15) is 61.1 Å². The highest BCUT2D eigenvalue weighted by Gasteiger charge is 2.37. The number of nitriles is 1. The van der Waals surface area contributed by atoms with Crippen LogP contribution in [0, 0.1) is 17.9 Å². The first-order valence-corrected chi connectivity index (χ1v) is 13.3. The Labute approximate surface area is 236 Å². The molecule has 196 valence electrons. The van der Waals surface area contributed by atoms with Gasteiger partial charge in [0.25, 0.3) is 0 Å². The van der Waals surface area contributed by atoms with Crippen LogP contribution in [0.2, 0.25) is 0 Å². The number of benzene rings is 4. The first-order valence-electron chi connectivity index (χ1n) is 13.3. The molecule has 4 aromatic carbocycles. The Kier molecular flexibility index (Phi) is 5.65. The molecule has 0 aromatic heterocycles. The summed E-state index contributed by atoms with van der Waals surface area (Å²) in [5.74, 6) is 1.65. The van der Waals surface area contributed by atoms with E-state index in [1.807, 2.05) is 24.3 Å². The molecule has 0 saturated carbocycles. The van der Waals surface area contributed by atoms with Crippen molar-refractivity contribution in [2.75, 3.05) is 14.2 Å². The van der Waals surface area contributed by atoms with Crippen molar-refractivity contribution in [2.45, 2.75) is 38.5 Å². The predicted molar refractivity (Wildman–Crippen MR) is 160 cm³/mol. The van der Waals surface area contributed by atoms with Crippen molar-refractivity contribution >= 4 is 11.3 Å². The largest absolute Gasteiger partial charge is 0.497 e. The number of methoxy groups -OCH3 is 2. The summed E-state index contributed by atoms with van der Waals surface area (Å²) in [7, 11) is 3.36. The van der Waals surface area contributed by atoms with E-state index in [0.717, 1.165) is 44.9 Å². The lowest BCUT2D eigenvalue weighted by molar-refractivity contribution is 0.413. The number of nitrogens with zero attached hydrogens (tertiary/aromatic N) is 2. The van der Waals surface area contributed by atoms with Gasteiger partial charge in [0.05, 0.1) is 32.4 Å². The van der Waals surface area contributed by atoms with E-state index < -0.39 is 0 Å². The molecule has 0 amide bonds. The van der Waals surface area contributed by atoms with Crippen LogP contribution >= 0.6 is 0 Å². The van der Waals surface area contributed by atoms with Crippen LogP contribution < -0.4 is 9.47 Å². The standard InChI is InChI=1S/C36H30N2O2/c1-35(2)30-16-21(8-12-25(30)27-14-10-23(39-6)18-32(27)35)29(20-37)34(38-5)22-9-13-26-28-15-11-24(40-7)19-33(28)36(3,4)31(26)17-22/h8-19H,1-4,6-7H3. The summed E-state index contributed by atoms with van der Waals surface area (Å²) >= 11 is 0. The predicted octanol–water partition coefficient (Wildman–Crippen LogP) is 8.63. The van der Waals surface area contributed by atoms with Crippen LogP contribution in [0.3, 0.4) is 0 Å². The number of hydrogen-bond donors (Lipinski definition) is 0. The van der Waals surface area contributed by atoms with Crippen LogP contribution in [0.25, 0.3) is 38.4 Å². The molecule has 0 N–H and O–H groups in total. The van der Waals surface area contributed by atoms with Crippen LogP contribution in [0.15, 0.2) is 72.8 Å². The van der Waals surface area contributed by atoms with E-state index in [1.165, 1.54) is 22.3 Å². The minimum Gasteiger partial charge on any atom is -0.497 e. The van der Waals surface area contributed by atoms with Crippen LogP contribution in [0.5, 0.6) is 11.5 Å². The van der Waals surface area contributed by atoms with Gasteiger partial charge >= 0.3 is 0 Å². The number of hydrogen-bond acceptors (Lipinski definition) is 3. The Hall–Kier alpha value is -4.80. The highest BCUT2D eigenvalue weighted by Crippen LogP contribution is 2.52. The molecule has 40 heavy (non-hydrogen) atoms. The highest BCUT2D eigenvalue weighted by molar-refractivity contribution is 6.01. The van der Waals surface area contributed by atoms with Gasteiger partial charge in [-0.25, -0.2) is 4.85 Å². The maximum Gasteiger partial charge on any atom is 0.212 e. The first-order chi connectivity index (χ1) is 19.1. The molecular formula is C36H30N2O2. The third-order valence-electron chi connectivity index (χ3n) is 8.79. The van der Waals surface area contributed by atoms with E-state index in [2.05, 4.69) is 87.1 Å².